The van der Waals surface area contributed by atoms with Crippen LogP contribution in [0.1, 0.15) is 10.4 Å². The third kappa shape index (κ3) is 5.30. The predicted octanol–water partition coefficient (Wildman–Crippen LogP) is 5.66. The molecule has 0 saturated carbocycles. The van der Waals surface area contributed by atoms with Crippen molar-refractivity contribution in [2.24, 2.45) is 0 Å². The molecule has 0 unspecified atom stereocenters. The van der Waals surface area contributed by atoms with Gasteiger partial charge in [-0.3, -0.25) is 9.78 Å². The zero-order valence-electron chi connectivity index (χ0n) is 18.7. The minimum absolute atomic E-state index is 0.144. The molecule has 0 atom stereocenters. The number of anilines is 1. The van der Waals surface area contributed by atoms with E-state index in [1.807, 2.05) is 53.2 Å². The van der Waals surface area contributed by atoms with Crippen LogP contribution in [0.3, 0.4) is 0 Å². The van der Waals surface area contributed by atoms with Crippen LogP contribution in [0, 0.1) is 0 Å². The Hall–Kier alpha value is -3.29. The van der Waals surface area contributed by atoms with Crippen LogP contribution in [0.25, 0.3) is 22.2 Å². The molecule has 7 heteroatoms. The summed E-state index contributed by atoms with van der Waals surface area (Å²) in [5.41, 5.74) is 4.03. The number of hydrogen-bond acceptors (Lipinski definition) is 4. The van der Waals surface area contributed by atoms with E-state index >= 15 is 0 Å². The molecule has 0 saturated heterocycles. The topological polar surface area (TPSA) is 69.0 Å². The fourth-order valence-electron chi connectivity index (χ4n) is 3.39. The number of hydrogen-bond donors (Lipinski definition) is 1. The fraction of sp³-hybridized carbons (Fsp3) is 0.240. The predicted molar refractivity (Wildman–Crippen MR) is 131 cm³/mol. The van der Waals surface area contributed by atoms with Gasteiger partial charge in [0.25, 0.3) is 5.91 Å². The highest BCUT2D eigenvalue weighted by Crippen LogP contribution is 2.30. The highest BCUT2D eigenvalue weighted by molar-refractivity contribution is 6.76. The van der Waals surface area contributed by atoms with Gasteiger partial charge >= 0.3 is 0 Å². The molecule has 0 fully saturated rings. The average molecular weight is 445 g/mol. The Kier molecular flexibility index (Phi) is 6.48. The molecule has 2 aromatic carbocycles. The second-order valence-corrected chi connectivity index (χ2v) is 14.6. The van der Waals surface area contributed by atoms with Crippen molar-refractivity contribution < 1.29 is 9.53 Å². The molecule has 164 valence electrons. The number of aromatic nitrogens is 3. The van der Waals surface area contributed by atoms with Crippen molar-refractivity contribution in [2.75, 3.05) is 11.9 Å². The Morgan fingerprint density at radius 3 is 2.59 bits per heavy atom. The van der Waals surface area contributed by atoms with E-state index in [9.17, 15) is 4.79 Å². The summed E-state index contributed by atoms with van der Waals surface area (Å²) in [5, 5.41) is 8.75. The third-order valence-corrected chi connectivity index (χ3v) is 6.89. The average Bonchev–Trinajstić information content (AvgIpc) is 3.15. The summed E-state index contributed by atoms with van der Waals surface area (Å²) in [6.45, 7) is 8.13. The molecule has 0 aliphatic carbocycles. The summed E-state index contributed by atoms with van der Waals surface area (Å²) in [6.07, 6.45) is 3.54. The summed E-state index contributed by atoms with van der Waals surface area (Å²) in [7, 11) is -1.15. The van der Waals surface area contributed by atoms with Crippen molar-refractivity contribution in [3.63, 3.8) is 0 Å². The minimum atomic E-state index is -1.15. The minimum Gasteiger partial charge on any atom is -0.360 e. The molecule has 2 aromatic heterocycles. The Bertz CT molecular complexity index is 1200. The lowest BCUT2D eigenvalue weighted by molar-refractivity contribution is 0.0818. The van der Waals surface area contributed by atoms with Crippen LogP contribution >= 0.6 is 0 Å². The number of fused-ring (bicyclic) bond motifs is 1. The van der Waals surface area contributed by atoms with Crippen molar-refractivity contribution in [3.05, 3.63) is 78.6 Å². The number of carbonyl (C=O) groups excluding carboxylic acids is 1. The van der Waals surface area contributed by atoms with Crippen molar-refractivity contribution in [3.8, 4) is 11.3 Å². The van der Waals surface area contributed by atoms with Gasteiger partial charge in [0.15, 0.2) is 0 Å². The van der Waals surface area contributed by atoms with Crippen molar-refractivity contribution in [2.45, 2.75) is 32.4 Å². The lowest BCUT2D eigenvalue weighted by Gasteiger charge is -2.15. The number of ether oxygens (including phenoxy) is 1. The van der Waals surface area contributed by atoms with Gasteiger partial charge in [-0.15, -0.1) is 0 Å². The summed E-state index contributed by atoms with van der Waals surface area (Å²) in [6, 6.07) is 20.0. The molecule has 0 bridgehead atoms. The second-order valence-electron chi connectivity index (χ2n) is 8.99. The van der Waals surface area contributed by atoms with E-state index in [0.717, 1.165) is 40.5 Å². The van der Waals surface area contributed by atoms with Crippen LogP contribution in [0.5, 0.6) is 0 Å². The van der Waals surface area contributed by atoms with E-state index in [2.05, 4.69) is 29.9 Å². The maximum absolute atomic E-state index is 12.6. The smallest absolute Gasteiger partial charge is 0.255 e. The third-order valence-electron chi connectivity index (χ3n) is 5.19. The molecule has 0 radical (unpaired) electrons. The molecule has 0 aliphatic rings. The molecular weight excluding hydrogens is 416 g/mol. The van der Waals surface area contributed by atoms with E-state index in [4.69, 9.17) is 9.84 Å². The lowest BCUT2D eigenvalue weighted by atomic mass is 10.1. The standard InChI is InChI=1S/C25H28N4O2Si/c1-32(2,3)15-14-31-18-29-23-12-11-21(27-25(30)19-8-5-4-6-9-19)16-22(23)24(28-29)20-10-7-13-26-17-20/h4-13,16-17H,14-15,18H2,1-3H3,(H,27,30). The molecule has 32 heavy (non-hydrogen) atoms. The van der Waals surface area contributed by atoms with Crippen LogP contribution in [0.4, 0.5) is 5.69 Å². The van der Waals surface area contributed by atoms with Crippen LogP contribution in [-0.2, 0) is 11.5 Å². The monoisotopic (exact) mass is 444 g/mol. The first-order valence-corrected chi connectivity index (χ1v) is 14.5. The van der Waals surface area contributed by atoms with Crippen molar-refractivity contribution in [1.29, 1.82) is 0 Å². The van der Waals surface area contributed by atoms with Gasteiger partial charge in [-0.05, 0) is 48.5 Å². The number of rotatable bonds is 8. The SMILES string of the molecule is C[Si](C)(C)CCOCn1nc(-c2cccnc2)c2cc(NC(=O)c3ccccc3)ccc21. The highest BCUT2D eigenvalue weighted by Gasteiger charge is 2.16. The summed E-state index contributed by atoms with van der Waals surface area (Å²) in [5.74, 6) is -0.144. The maximum Gasteiger partial charge on any atom is 0.255 e. The van der Waals surface area contributed by atoms with Gasteiger partial charge < -0.3 is 10.1 Å². The first kappa shape index (κ1) is 21.9. The number of amides is 1. The van der Waals surface area contributed by atoms with E-state index < -0.39 is 8.07 Å². The molecule has 0 spiro atoms. The molecule has 1 N–H and O–H groups in total. The summed E-state index contributed by atoms with van der Waals surface area (Å²) >= 11 is 0. The first-order chi connectivity index (χ1) is 15.4. The number of pyridine rings is 1. The molecule has 4 aromatic rings. The molecule has 1 amide bonds. The lowest BCUT2D eigenvalue weighted by Crippen LogP contribution is -2.22. The Morgan fingerprint density at radius 1 is 1.06 bits per heavy atom. The maximum atomic E-state index is 12.6. The van der Waals surface area contributed by atoms with E-state index in [-0.39, 0.29) is 5.91 Å². The number of nitrogens with zero attached hydrogens (tertiary/aromatic N) is 3. The summed E-state index contributed by atoms with van der Waals surface area (Å²) < 4.78 is 7.84. The van der Waals surface area contributed by atoms with Crippen LogP contribution < -0.4 is 5.32 Å². The van der Waals surface area contributed by atoms with E-state index in [1.54, 1.807) is 24.5 Å². The van der Waals surface area contributed by atoms with E-state index in [1.165, 1.54) is 0 Å². The normalized spacial score (nSPS) is 11.6. The quantitative estimate of drug-likeness (QED) is 0.281. The second kappa shape index (κ2) is 9.46. The Labute approximate surface area is 189 Å². The molecule has 2 heterocycles. The zero-order valence-corrected chi connectivity index (χ0v) is 19.7. The van der Waals surface area contributed by atoms with Gasteiger partial charge in [-0.1, -0.05) is 37.8 Å². The van der Waals surface area contributed by atoms with Crippen LogP contribution in [0.15, 0.2) is 73.1 Å². The van der Waals surface area contributed by atoms with Gasteiger partial charge in [0, 0.05) is 49.3 Å². The van der Waals surface area contributed by atoms with Gasteiger partial charge in [0.05, 0.1) is 5.52 Å². The first-order valence-electron chi connectivity index (χ1n) is 10.8. The Balaban J connectivity index is 1.63. The fourth-order valence-corrected chi connectivity index (χ4v) is 4.15. The van der Waals surface area contributed by atoms with Gasteiger partial charge in [0.2, 0.25) is 0 Å². The number of carbonyl (C=O) groups is 1. The number of benzene rings is 2. The van der Waals surface area contributed by atoms with Crippen LogP contribution in [0.2, 0.25) is 25.7 Å². The van der Waals surface area contributed by atoms with Crippen molar-refractivity contribution >= 4 is 30.6 Å². The number of nitrogens with one attached hydrogen (secondary N) is 1. The highest BCUT2D eigenvalue weighted by atomic mass is 28.3. The van der Waals surface area contributed by atoms with Gasteiger partial charge in [-0.25, -0.2) is 4.68 Å². The van der Waals surface area contributed by atoms with Gasteiger partial charge in [-0.2, -0.15) is 5.10 Å². The Morgan fingerprint density at radius 2 is 1.88 bits per heavy atom. The van der Waals surface area contributed by atoms with E-state index in [0.29, 0.717) is 12.3 Å². The molecular formula is C25H28N4O2Si. The van der Waals surface area contributed by atoms with Crippen molar-refractivity contribution in [1.82, 2.24) is 14.8 Å². The zero-order chi connectivity index (χ0) is 22.6. The summed E-state index contributed by atoms with van der Waals surface area (Å²) in [4.78, 5) is 16.9. The molecule has 6 nitrogen and oxygen atoms in total. The van der Waals surface area contributed by atoms with Crippen LogP contribution in [-0.4, -0.2) is 35.4 Å². The largest absolute Gasteiger partial charge is 0.360 e. The molecule has 4 rings (SSSR count). The molecule has 0 aliphatic heterocycles. The van der Waals surface area contributed by atoms with Gasteiger partial charge in [0.1, 0.15) is 12.4 Å².